The summed E-state index contributed by atoms with van der Waals surface area (Å²) in [6.07, 6.45) is 9.30. The molecule has 7 heteroatoms. The number of imidazole rings is 1. The van der Waals surface area contributed by atoms with Crippen LogP contribution in [0.1, 0.15) is 72.1 Å². The van der Waals surface area contributed by atoms with Gasteiger partial charge >= 0.3 is 5.69 Å². The number of aromatic nitrogens is 3. The summed E-state index contributed by atoms with van der Waals surface area (Å²) in [7, 11) is 0. The Labute approximate surface area is 180 Å². The van der Waals surface area contributed by atoms with Crippen molar-refractivity contribution < 1.29 is 4.74 Å². The van der Waals surface area contributed by atoms with Crippen LogP contribution >= 0.6 is 0 Å². The van der Waals surface area contributed by atoms with Gasteiger partial charge in [0.1, 0.15) is 5.52 Å². The predicted octanol–water partition coefficient (Wildman–Crippen LogP) is 4.17. The van der Waals surface area contributed by atoms with Crippen molar-refractivity contribution >= 4 is 16.9 Å². The molecule has 30 heavy (non-hydrogen) atoms. The van der Waals surface area contributed by atoms with E-state index in [1.807, 2.05) is 0 Å². The molecule has 2 aromatic rings. The highest BCUT2D eigenvalue weighted by molar-refractivity contribution is 5.84. The molecule has 0 spiro atoms. The van der Waals surface area contributed by atoms with Gasteiger partial charge in [-0.2, -0.15) is 4.98 Å². The van der Waals surface area contributed by atoms with E-state index in [-0.39, 0.29) is 5.69 Å². The zero-order valence-corrected chi connectivity index (χ0v) is 19.0. The van der Waals surface area contributed by atoms with E-state index < -0.39 is 0 Å². The molecule has 2 aromatic heterocycles. The average Bonchev–Trinajstić information content (AvgIpc) is 3.04. The van der Waals surface area contributed by atoms with Crippen LogP contribution in [-0.4, -0.2) is 45.2 Å². The van der Waals surface area contributed by atoms with Crippen LogP contribution in [0.3, 0.4) is 0 Å². The number of H-pyrrole nitrogens is 1. The van der Waals surface area contributed by atoms with Crippen LogP contribution in [0.15, 0.2) is 10.9 Å². The van der Waals surface area contributed by atoms with Gasteiger partial charge < -0.3 is 20.4 Å². The molecule has 0 aromatic carbocycles. The standard InChI is InChI=1S/C23H39N5O2/c1-4-5-15-30-20-16-19(24)21-22(25-20)28(23(29)26-21)12-8-6-7-9-18-10-13-27(14-11-18)17(2)3/h16-18H,4-15H2,1-3H3,(H2,24,25)(H,26,29). The molecule has 1 aliphatic heterocycles. The van der Waals surface area contributed by atoms with Crippen molar-refractivity contribution in [2.75, 3.05) is 25.4 Å². The lowest BCUT2D eigenvalue weighted by Crippen LogP contribution is -2.38. The Morgan fingerprint density at radius 3 is 2.70 bits per heavy atom. The van der Waals surface area contributed by atoms with Gasteiger partial charge in [0, 0.05) is 18.7 Å². The summed E-state index contributed by atoms with van der Waals surface area (Å²) in [6.45, 7) is 10.4. The molecule has 3 N–H and O–H groups in total. The second-order valence-electron chi connectivity index (χ2n) is 8.95. The first-order valence-corrected chi connectivity index (χ1v) is 11.8. The Hall–Kier alpha value is -2.02. The number of nitrogens with one attached hydrogen (secondary N) is 1. The van der Waals surface area contributed by atoms with Crippen LogP contribution in [0.2, 0.25) is 0 Å². The SMILES string of the molecule is CCCCOc1cc(N)c2[nH]c(=O)n(CCCCCC3CCN(C(C)C)CC3)c2n1. The number of aromatic amines is 1. The molecule has 7 nitrogen and oxygen atoms in total. The number of rotatable bonds is 11. The van der Waals surface area contributed by atoms with Gasteiger partial charge in [-0.1, -0.05) is 32.6 Å². The van der Waals surface area contributed by atoms with Gasteiger partial charge in [0.25, 0.3) is 0 Å². The maximum absolute atomic E-state index is 12.4. The van der Waals surface area contributed by atoms with E-state index in [0.29, 0.717) is 41.9 Å². The van der Waals surface area contributed by atoms with Crippen molar-refractivity contribution in [3.05, 3.63) is 16.6 Å². The van der Waals surface area contributed by atoms with Crippen molar-refractivity contribution in [1.82, 2.24) is 19.4 Å². The number of nitrogens with two attached hydrogens (primary N) is 1. The Bertz CT molecular complexity index is 849. The molecule has 0 atom stereocenters. The van der Waals surface area contributed by atoms with Crippen LogP contribution in [0, 0.1) is 5.92 Å². The zero-order valence-electron chi connectivity index (χ0n) is 19.0. The number of hydrogen-bond donors (Lipinski definition) is 2. The second-order valence-corrected chi connectivity index (χ2v) is 8.95. The Morgan fingerprint density at radius 1 is 1.23 bits per heavy atom. The van der Waals surface area contributed by atoms with E-state index in [0.717, 1.165) is 31.6 Å². The van der Waals surface area contributed by atoms with E-state index in [1.54, 1.807) is 10.6 Å². The number of nitrogen functional groups attached to an aromatic ring is 1. The molecule has 1 fully saturated rings. The van der Waals surface area contributed by atoms with Crippen molar-refractivity contribution in [1.29, 1.82) is 0 Å². The summed E-state index contributed by atoms with van der Waals surface area (Å²) < 4.78 is 7.42. The summed E-state index contributed by atoms with van der Waals surface area (Å²) in [5.74, 6) is 1.36. The van der Waals surface area contributed by atoms with E-state index >= 15 is 0 Å². The monoisotopic (exact) mass is 417 g/mol. The third-order valence-electron chi connectivity index (χ3n) is 6.36. The summed E-state index contributed by atoms with van der Waals surface area (Å²) in [5, 5.41) is 0. The topological polar surface area (TPSA) is 89.2 Å². The van der Waals surface area contributed by atoms with Crippen LogP contribution in [-0.2, 0) is 6.54 Å². The van der Waals surface area contributed by atoms with Gasteiger partial charge in [-0.15, -0.1) is 0 Å². The summed E-state index contributed by atoms with van der Waals surface area (Å²) in [4.78, 5) is 22.4. The largest absolute Gasteiger partial charge is 0.478 e. The van der Waals surface area contributed by atoms with E-state index in [1.165, 1.54) is 38.8 Å². The quantitative estimate of drug-likeness (QED) is 0.536. The minimum atomic E-state index is -0.143. The molecule has 3 heterocycles. The highest BCUT2D eigenvalue weighted by Gasteiger charge is 2.20. The fraction of sp³-hybridized carbons (Fsp3) is 0.739. The molecule has 1 aliphatic rings. The Morgan fingerprint density at radius 2 is 2.00 bits per heavy atom. The van der Waals surface area contributed by atoms with Gasteiger partial charge in [0.2, 0.25) is 5.88 Å². The zero-order chi connectivity index (χ0) is 21.5. The number of ether oxygens (including phenoxy) is 1. The van der Waals surface area contributed by atoms with Gasteiger partial charge in [0.15, 0.2) is 5.65 Å². The number of unbranched alkanes of at least 4 members (excludes halogenated alkanes) is 3. The van der Waals surface area contributed by atoms with Crippen molar-refractivity contribution in [2.24, 2.45) is 5.92 Å². The second kappa shape index (κ2) is 10.8. The van der Waals surface area contributed by atoms with Crippen LogP contribution < -0.4 is 16.2 Å². The lowest BCUT2D eigenvalue weighted by Gasteiger charge is -2.34. The molecule has 168 valence electrons. The van der Waals surface area contributed by atoms with Crippen molar-refractivity contribution in [3.8, 4) is 5.88 Å². The van der Waals surface area contributed by atoms with E-state index in [2.05, 4.69) is 35.6 Å². The van der Waals surface area contributed by atoms with Crippen molar-refractivity contribution in [2.45, 2.75) is 84.7 Å². The predicted molar refractivity (Wildman–Crippen MR) is 123 cm³/mol. The molecule has 0 radical (unpaired) electrons. The average molecular weight is 418 g/mol. The van der Waals surface area contributed by atoms with Crippen molar-refractivity contribution in [3.63, 3.8) is 0 Å². The summed E-state index contributed by atoms with van der Waals surface area (Å²) in [6, 6.07) is 2.36. The molecule has 0 unspecified atom stereocenters. The van der Waals surface area contributed by atoms with Gasteiger partial charge in [-0.3, -0.25) is 4.57 Å². The van der Waals surface area contributed by atoms with E-state index in [9.17, 15) is 4.79 Å². The highest BCUT2D eigenvalue weighted by atomic mass is 16.5. The third kappa shape index (κ3) is 5.78. The fourth-order valence-electron chi connectivity index (χ4n) is 4.36. The third-order valence-corrected chi connectivity index (χ3v) is 6.36. The smallest absolute Gasteiger partial charge is 0.327 e. The lowest BCUT2D eigenvalue weighted by atomic mass is 9.91. The Kier molecular flexibility index (Phi) is 8.19. The van der Waals surface area contributed by atoms with Crippen LogP contribution in [0.5, 0.6) is 5.88 Å². The Balaban J connectivity index is 1.49. The number of anilines is 1. The first kappa shape index (κ1) is 22.7. The lowest BCUT2D eigenvalue weighted by molar-refractivity contribution is 0.144. The first-order valence-electron chi connectivity index (χ1n) is 11.8. The van der Waals surface area contributed by atoms with Gasteiger partial charge in [-0.05, 0) is 58.5 Å². The van der Waals surface area contributed by atoms with E-state index in [4.69, 9.17) is 10.5 Å². The molecule has 0 aliphatic carbocycles. The minimum Gasteiger partial charge on any atom is -0.478 e. The molecule has 0 amide bonds. The summed E-state index contributed by atoms with van der Waals surface area (Å²) in [5.41, 5.74) is 7.71. The molecule has 3 rings (SSSR count). The number of piperidine rings is 1. The number of pyridine rings is 1. The highest BCUT2D eigenvalue weighted by Crippen LogP contribution is 2.25. The van der Waals surface area contributed by atoms with Crippen LogP contribution in [0.25, 0.3) is 11.2 Å². The molecule has 0 saturated carbocycles. The number of fused-ring (bicyclic) bond motifs is 1. The molecule has 1 saturated heterocycles. The number of nitrogens with zero attached hydrogens (tertiary/aromatic N) is 3. The molecular formula is C23H39N5O2. The minimum absolute atomic E-state index is 0.143. The van der Waals surface area contributed by atoms with Crippen LogP contribution in [0.4, 0.5) is 5.69 Å². The normalized spacial score (nSPS) is 16.0. The molecule has 0 bridgehead atoms. The summed E-state index contributed by atoms with van der Waals surface area (Å²) >= 11 is 0. The van der Waals surface area contributed by atoms with Gasteiger partial charge in [0.05, 0.1) is 12.3 Å². The maximum atomic E-state index is 12.4. The number of hydrogen-bond acceptors (Lipinski definition) is 5. The first-order chi connectivity index (χ1) is 14.5. The van der Waals surface area contributed by atoms with Gasteiger partial charge in [-0.25, -0.2) is 4.79 Å². The number of likely N-dealkylation sites (tertiary alicyclic amines) is 1. The molecular weight excluding hydrogens is 378 g/mol. The fourth-order valence-corrected chi connectivity index (χ4v) is 4.36. The number of aryl methyl sites for hydroxylation is 1. The maximum Gasteiger partial charge on any atom is 0.327 e.